The predicted octanol–water partition coefficient (Wildman–Crippen LogP) is 4.13. The van der Waals surface area contributed by atoms with Crippen molar-refractivity contribution in [3.8, 4) is 11.5 Å². The largest absolute Gasteiger partial charge is 0.493 e. The molecule has 27 heavy (non-hydrogen) atoms. The van der Waals surface area contributed by atoms with Gasteiger partial charge in [-0.15, -0.1) is 0 Å². The Morgan fingerprint density at radius 1 is 1.11 bits per heavy atom. The van der Waals surface area contributed by atoms with Gasteiger partial charge in [0.25, 0.3) is 0 Å². The van der Waals surface area contributed by atoms with Crippen LogP contribution in [0.1, 0.15) is 24.5 Å². The number of carbonyl (C=O) groups is 1. The summed E-state index contributed by atoms with van der Waals surface area (Å²) in [5.41, 5.74) is 3.04. The van der Waals surface area contributed by atoms with Crippen molar-refractivity contribution in [2.75, 3.05) is 20.3 Å². The average Bonchev–Trinajstić information content (AvgIpc) is 3.10. The molecule has 3 rings (SSSR count). The van der Waals surface area contributed by atoms with Gasteiger partial charge in [0.05, 0.1) is 20.0 Å². The van der Waals surface area contributed by atoms with Gasteiger partial charge in [0.15, 0.2) is 11.5 Å². The van der Waals surface area contributed by atoms with E-state index in [2.05, 4.69) is 5.32 Å². The Kier molecular flexibility index (Phi) is 6.36. The highest BCUT2D eigenvalue weighted by molar-refractivity contribution is 5.81. The van der Waals surface area contributed by atoms with Crippen LogP contribution in [-0.4, -0.2) is 26.2 Å². The van der Waals surface area contributed by atoms with Crippen molar-refractivity contribution in [1.82, 2.24) is 5.32 Å². The second kappa shape index (κ2) is 9.12. The lowest BCUT2D eigenvalue weighted by Crippen LogP contribution is -2.25. The van der Waals surface area contributed by atoms with E-state index in [9.17, 15) is 4.79 Å². The monoisotopic (exact) mass is 367 g/mol. The van der Waals surface area contributed by atoms with Gasteiger partial charge >= 0.3 is 0 Å². The molecule has 0 saturated carbocycles. The number of hydrogen-bond acceptors (Lipinski definition) is 4. The first kappa shape index (κ1) is 18.8. The third-order valence-electron chi connectivity index (χ3n) is 4.45. The molecule has 2 aromatic carbocycles. The molecule has 0 aliphatic rings. The van der Waals surface area contributed by atoms with E-state index in [1.807, 2.05) is 49.4 Å². The quantitative estimate of drug-likeness (QED) is 0.618. The van der Waals surface area contributed by atoms with Gasteiger partial charge in [-0.1, -0.05) is 24.3 Å². The van der Waals surface area contributed by atoms with Crippen molar-refractivity contribution in [1.29, 1.82) is 0 Å². The molecule has 1 amide bonds. The summed E-state index contributed by atoms with van der Waals surface area (Å²) in [6, 6.07) is 13.7. The highest BCUT2D eigenvalue weighted by Crippen LogP contribution is 2.28. The van der Waals surface area contributed by atoms with Gasteiger partial charge < -0.3 is 19.2 Å². The molecule has 3 aromatic rings. The van der Waals surface area contributed by atoms with Gasteiger partial charge in [0.1, 0.15) is 5.58 Å². The maximum atomic E-state index is 12.1. The average molecular weight is 367 g/mol. The highest BCUT2D eigenvalue weighted by Gasteiger charge is 2.09. The number of nitrogens with one attached hydrogen (secondary N) is 1. The van der Waals surface area contributed by atoms with Crippen LogP contribution < -0.4 is 14.8 Å². The smallest absolute Gasteiger partial charge is 0.220 e. The van der Waals surface area contributed by atoms with Crippen molar-refractivity contribution in [2.45, 2.75) is 26.2 Å². The maximum absolute atomic E-state index is 12.1. The number of rotatable bonds is 9. The van der Waals surface area contributed by atoms with Crippen LogP contribution in [0.2, 0.25) is 0 Å². The molecule has 0 radical (unpaired) electrons. The van der Waals surface area contributed by atoms with Crippen LogP contribution in [0.15, 0.2) is 53.1 Å². The van der Waals surface area contributed by atoms with Crippen LogP contribution >= 0.6 is 0 Å². The molecule has 0 saturated heterocycles. The zero-order valence-corrected chi connectivity index (χ0v) is 15.8. The summed E-state index contributed by atoms with van der Waals surface area (Å²) in [5, 5.41) is 4.08. The van der Waals surface area contributed by atoms with Gasteiger partial charge in [0, 0.05) is 18.4 Å². The second-order valence-electron chi connectivity index (χ2n) is 6.28. The standard InChI is InChI=1S/C22H25NO4/c1-3-26-20-10-8-16(14-21(20)25-2)9-11-22(24)23-13-12-17-15-27-19-7-5-4-6-18(17)19/h4-8,10,14-15H,3,9,11-13H2,1-2H3,(H,23,24). The molecule has 0 fully saturated rings. The molecular formula is C22H25NO4. The summed E-state index contributed by atoms with van der Waals surface area (Å²) in [6.45, 7) is 3.11. The van der Waals surface area contributed by atoms with E-state index >= 15 is 0 Å². The van der Waals surface area contributed by atoms with Crippen LogP contribution in [0.4, 0.5) is 0 Å². The number of benzene rings is 2. The van der Waals surface area contributed by atoms with Crippen molar-refractivity contribution in [3.05, 3.63) is 59.9 Å². The molecule has 5 heteroatoms. The molecule has 142 valence electrons. The first-order valence-electron chi connectivity index (χ1n) is 9.22. The number of amides is 1. The van der Waals surface area contributed by atoms with Gasteiger partial charge in [0.2, 0.25) is 5.91 Å². The first-order chi connectivity index (χ1) is 13.2. The van der Waals surface area contributed by atoms with E-state index in [-0.39, 0.29) is 5.91 Å². The van der Waals surface area contributed by atoms with Gasteiger partial charge in [-0.2, -0.15) is 0 Å². The van der Waals surface area contributed by atoms with Crippen LogP contribution in [-0.2, 0) is 17.6 Å². The number of ether oxygens (including phenoxy) is 2. The van der Waals surface area contributed by atoms with Crippen LogP contribution in [0.25, 0.3) is 11.0 Å². The molecule has 0 atom stereocenters. The number of carbonyl (C=O) groups excluding carboxylic acids is 1. The van der Waals surface area contributed by atoms with E-state index < -0.39 is 0 Å². The summed E-state index contributed by atoms with van der Waals surface area (Å²) in [4.78, 5) is 12.1. The van der Waals surface area contributed by atoms with E-state index in [1.165, 1.54) is 0 Å². The Labute approximate surface area is 159 Å². The lowest BCUT2D eigenvalue weighted by atomic mass is 10.1. The second-order valence-corrected chi connectivity index (χ2v) is 6.28. The Hall–Kier alpha value is -2.95. The van der Waals surface area contributed by atoms with Crippen molar-refractivity contribution < 1.29 is 18.7 Å². The van der Waals surface area contributed by atoms with Gasteiger partial charge in [-0.3, -0.25) is 4.79 Å². The van der Waals surface area contributed by atoms with E-state index in [0.717, 1.165) is 34.3 Å². The fourth-order valence-electron chi connectivity index (χ4n) is 3.05. The molecule has 5 nitrogen and oxygen atoms in total. The fraction of sp³-hybridized carbons (Fsp3) is 0.318. The zero-order chi connectivity index (χ0) is 19.1. The molecule has 0 unspecified atom stereocenters. The Morgan fingerprint density at radius 3 is 2.78 bits per heavy atom. The topological polar surface area (TPSA) is 60.7 Å². The first-order valence-corrected chi connectivity index (χ1v) is 9.22. The molecule has 0 bridgehead atoms. The number of furan rings is 1. The third-order valence-corrected chi connectivity index (χ3v) is 4.45. The zero-order valence-electron chi connectivity index (χ0n) is 15.8. The highest BCUT2D eigenvalue weighted by atomic mass is 16.5. The fourth-order valence-corrected chi connectivity index (χ4v) is 3.05. The Balaban J connectivity index is 1.47. The summed E-state index contributed by atoms with van der Waals surface area (Å²) in [7, 11) is 1.62. The maximum Gasteiger partial charge on any atom is 0.220 e. The van der Waals surface area contributed by atoms with Gasteiger partial charge in [-0.05, 0) is 49.1 Å². The van der Waals surface area contributed by atoms with E-state index in [0.29, 0.717) is 31.7 Å². The summed E-state index contributed by atoms with van der Waals surface area (Å²) in [5.74, 6) is 1.46. The number of aryl methyl sites for hydroxylation is 1. The number of fused-ring (bicyclic) bond motifs is 1. The molecular weight excluding hydrogens is 342 g/mol. The molecule has 1 N–H and O–H groups in total. The third kappa shape index (κ3) is 4.82. The number of hydrogen-bond donors (Lipinski definition) is 1. The minimum Gasteiger partial charge on any atom is -0.493 e. The van der Waals surface area contributed by atoms with Crippen LogP contribution in [0, 0.1) is 0 Å². The minimum atomic E-state index is 0.0376. The number of methoxy groups -OCH3 is 1. The molecule has 0 aliphatic heterocycles. The Bertz CT molecular complexity index is 900. The van der Waals surface area contributed by atoms with E-state index in [4.69, 9.17) is 13.9 Å². The molecule has 0 aliphatic carbocycles. The lowest BCUT2D eigenvalue weighted by Gasteiger charge is -2.11. The van der Waals surface area contributed by atoms with Gasteiger partial charge in [-0.25, -0.2) is 0 Å². The van der Waals surface area contributed by atoms with Crippen LogP contribution in [0.5, 0.6) is 11.5 Å². The molecule has 1 aromatic heterocycles. The van der Waals surface area contributed by atoms with Crippen LogP contribution in [0.3, 0.4) is 0 Å². The summed E-state index contributed by atoms with van der Waals surface area (Å²) in [6.07, 6.45) is 3.61. The number of para-hydroxylation sites is 1. The van der Waals surface area contributed by atoms with Crippen molar-refractivity contribution in [2.24, 2.45) is 0 Å². The molecule has 1 heterocycles. The SMILES string of the molecule is CCOc1ccc(CCC(=O)NCCc2coc3ccccc23)cc1OC. The summed E-state index contributed by atoms with van der Waals surface area (Å²) < 4.78 is 16.4. The normalized spacial score (nSPS) is 10.7. The Morgan fingerprint density at radius 2 is 1.96 bits per heavy atom. The van der Waals surface area contributed by atoms with E-state index in [1.54, 1.807) is 13.4 Å². The minimum absolute atomic E-state index is 0.0376. The lowest BCUT2D eigenvalue weighted by molar-refractivity contribution is -0.121. The summed E-state index contributed by atoms with van der Waals surface area (Å²) >= 11 is 0. The van der Waals surface area contributed by atoms with Crippen molar-refractivity contribution >= 4 is 16.9 Å². The predicted molar refractivity (Wildman–Crippen MR) is 105 cm³/mol. The molecule has 0 spiro atoms. The van der Waals surface area contributed by atoms with Crippen molar-refractivity contribution in [3.63, 3.8) is 0 Å².